The number of anilines is 1. The lowest BCUT2D eigenvalue weighted by molar-refractivity contribution is 0.172. The van der Waals surface area contributed by atoms with Crippen LogP contribution in [0.25, 0.3) is 0 Å². The zero-order valence-electron chi connectivity index (χ0n) is 10.3. The van der Waals surface area contributed by atoms with E-state index in [2.05, 4.69) is 23.8 Å². The third-order valence-electron chi connectivity index (χ3n) is 3.31. The maximum atomic E-state index is 5.74. The van der Waals surface area contributed by atoms with E-state index in [1.807, 2.05) is 10.7 Å². The highest BCUT2D eigenvalue weighted by molar-refractivity contribution is 5.29. The summed E-state index contributed by atoms with van der Waals surface area (Å²) in [4.78, 5) is 2.51. The van der Waals surface area contributed by atoms with Crippen molar-refractivity contribution in [2.45, 2.75) is 39.8 Å². The molecule has 1 aromatic rings. The van der Waals surface area contributed by atoms with Crippen molar-refractivity contribution >= 4 is 5.82 Å². The molecule has 0 saturated carbocycles. The number of nitrogens with zero attached hydrogens (tertiary/aromatic N) is 3. The average Bonchev–Trinajstić information content (AvgIpc) is 2.59. The van der Waals surface area contributed by atoms with Crippen molar-refractivity contribution < 1.29 is 0 Å². The van der Waals surface area contributed by atoms with Crippen LogP contribution in [0.1, 0.15) is 32.4 Å². The fraction of sp³-hybridized carbons (Fsp3) is 0.750. The van der Waals surface area contributed by atoms with Gasteiger partial charge in [-0.2, -0.15) is 5.10 Å². The molecule has 1 aliphatic rings. The summed E-state index contributed by atoms with van der Waals surface area (Å²) in [5.41, 5.74) is 6.98. The predicted molar refractivity (Wildman–Crippen MR) is 66.0 cm³/mol. The van der Waals surface area contributed by atoms with E-state index in [9.17, 15) is 0 Å². The average molecular weight is 222 g/mol. The van der Waals surface area contributed by atoms with Crippen molar-refractivity contribution in [1.29, 1.82) is 0 Å². The Bertz CT molecular complexity index is 345. The molecule has 0 radical (unpaired) electrons. The second-order valence-corrected chi connectivity index (χ2v) is 4.86. The molecule has 2 heterocycles. The second kappa shape index (κ2) is 4.87. The van der Waals surface area contributed by atoms with E-state index in [0.717, 1.165) is 19.0 Å². The van der Waals surface area contributed by atoms with Crippen molar-refractivity contribution in [2.75, 3.05) is 18.8 Å². The van der Waals surface area contributed by atoms with Crippen LogP contribution in [-0.2, 0) is 13.1 Å². The zero-order chi connectivity index (χ0) is 11.5. The van der Waals surface area contributed by atoms with Crippen LogP contribution in [0.2, 0.25) is 0 Å². The topological polar surface area (TPSA) is 47.1 Å². The summed E-state index contributed by atoms with van der Waals surface area (Å²) < 4.78 is 2.01. The molecule has 1 fully saturated rings. The molecule has 4 heteroatoms. The normalized spacial score (nSPS) is 22.5. The summed E-state index contributed by atoms with van der Waals surface area (Å²) in [6.07, 6.45) is 2.68. The van der Waals surface area contributed by atoms with Crippen LogP contribution in [0.5, 0.6) is 0 Å². The van der Waals surface area contributed by atoms with Crippen LogP contribution in [0.4, 0.5) is 5.82 Å². The molecular formula is C12H22N4. The van der Waals surface area contributed by atoms with Gasteiger partial charge in [-0.15, -0.1) is 0 Å². The van der Waals surface area contributed by atoms with E-state index in [4.69, 9.17) is 5.73 Å². The van der Waals surface area contributed by atoms with Crippen molar-refractivity contribution in [1.82, 2.24) is 14.7 Å². The van der Waals surface area contributed by atoms with Gasteiger partial charge in [0.15, 0.2) is 0 Å². The highest BCUT2D eigenvalue weighted by Crippen LogP contribution is 2.18. The van der Waals surface area contributed by atoms with Crippen LogP contribution in [0.15, 0.2) is 6.07 Å². The minimum absolute atomic E-state index is 0.641. The highest BCUT2D eigenvalue weighted by Gasteiger charge is 2.17. The lowest BCUT2D eigenvalue weighted by Gasteiger charge is -2.30. The molecule has 1 aromatic heterocycles. The molecule has 2 rings (SSSR count). The van der Waals surface area contributed by atoms with Gasteiger partial charge in [-0.1, -0.05) is 6.92 Å². The van der Waals surface area contributed by atoms with Gasteiger partial charge < -0.3 is 5.73 Å². The molecule has 0 aromatic carbocycles. The molecule has 90 valence electrons. The number of likely N-dealkylation sites (tertiary alicyclic amines) is 1. The first-order chi connectivity index (χ1) is 7.69. The maximum absolute atomic E-state index is 5.74. The Morgan fingerprint density at radius 1 is 1.56 bits per heavy atom. The molecule has 0 amide bonds. The van der Waals surface area contributed by atoms with Gasteiger partial charge in [-0.25, -0.2) is 0 Å². The summed E-state index contributed by atoms with van der Waals surface area (Å²) in [5, 5.41) is 4.28. The molecular weight excluding hydrogens is 200 g/mol. The Hall–Kier alpha value is -1.03. The Morgan fingerprint density at radius 3 is 3.06 bits per heavy atom. The summed E-state index contributed by atoms with van der Waals surface area (Å²) in [7, 11) is 0. The van der Waals surface area contributed by atoms with Crippen molar-refractivity contribution in [3.63, 3.8) is 0 Å². The first kappa shape index (κ1) is 11.5. The number of nitrogen functional groups attached to an aromatic ring is 1. The van der Waals surface area contributed by atoms with Crippen LogP contribution >= 0.6 is 0 Å². The van der Waals surface area contributed by atoms with E-state index in [0.29, 0.717) is 5.82 Å². The number of hydrogen-bond donors (Lipinski definition) is 1. The van der Waals surface area contributed by atoms with Gasteiger partial charge in [0.2, 0.25) is 0 Å². The number of hydrogen-bond acceptors (Lipinski definition) is 3. The molecule has 0 bridgehead atoms. The first-order valence-electron chi connectivity index (χ1n) is 6.23. The predicted octanol–water partition coefficient (Wildman–Crippen LogP) is 1.72. The molecule has 1 atom stereocenters. The van der Waals surface area contributed by atoms with Gasteiger partial charge >= 0.3 is 0 Å². The number of piperidine rings is 1. The lowest BCUT2D eigenvalue weighted by atomic mass is 10.0. The largest absolute Gasteiger partial charge is 0.382 e. The Labute approximate surface area is 97.4 Å². The molecule has 1 saturated heterocycles. The zero-order valence-corrected chi connectivity index (χ0v) is 10.3. The van der Waals surface area contributed by atoms with E-state index in [1.165, 1.54) is 31.6 Å². The maximum Gasteiger partial charge on any atom is 0.145 e. The molecule has 0 spiro atoms. The number of nitrogens with two attached hydrogens (primary N) is 1. The van der Waals surface area contributed by atoms with Crippen LogP contribution in [-0.4, -0.2) is 27.8 Å². The van der Waals surface area contributed by atoms with Crippen LogP contribution < -0.4 is 5.73 Å². The SMILES string of the molecule is CCn1nc(N)cc1CN1CCC[C@H](C)C1. The van der Waals surface area contributed by atoms with Crippen molar-refractivity contribution in [3.05, 3.63) is 11.8 Å². The molecule has 4 nitrogen and oxygen atoms in total. The summed E-state index contributed by atoms with van der Waals surface area (Å²) in [6, 6.07) is 2.00. The van der Waals surface area contributed by atoms with E-state index in [-0.39, 0.29) is 0 Å². The second-order valence-electron chi connectivity index (χ2n) is 4.86. The van der Waals surface area contributed by atoms with Gasteiger partial charge in [-0.3, -0.25) is 9.58 Å². The van der Waals surface area contributed by atoms with E-state index in [1.54, 1.807) is 0 Å². The fourth-order valence-corrected chi connectivity index (χ4v) is 2.54. The number of aryl methyl sites for hydroxylation is 1. The van der Waals surface area contributed by atoms with Gasteiger partial charge in [0.05, 0.1) is 5.69 Å². The van der Waals surface area contributed by atoms with Crippen molar-refractivity contribution in [2.24, 2.45) is 5.92 Å². The highest BCUT2D eigenvalue weighted by atomic mass is 15.3. The van der Waals surface area contributed by atoms with Gasteiger partial charge in [-0.05, 0) is 32.2 Å². The van der Waals surface area contributed by atoms with Gasteiger partial charge in [0, 0.05) is 25.7 Å². The van der Waals surface area contributed by atoms with Crippen molar-refractivity contribution in [3.8, 4) is 0 Å². The number of rotatable bonds is 3. The number of aromatic nitrogens is 2. The molecule has 2 N–H and O–H groups in total. The minimum atomic E-state index is 0.641. The molecule has 0 unspecified atom stereocenters. The fourth-order valence-electron chi connectivity index (χ4n) is 2.54. The van der Waals surface area contributed by atoms with E-state index < -0.39 is 0 Å². The minimum Gasteiger partial charge on any atom is -0.382 e. The van der Waals surface area contributed by atoms with Crippen LogP contribution in [0, 0.1) is 5.92 Å². The Morgan fingerprint density at radius 2 is 2.38 bits per heavy atom. The third kappa shape index (κ3) is 2.55. The Balaban J connectivity index is 2.02. The quantitative estimate of drug-likeness (QED) is 0.847. The Kier molecular flexibility index (Phi) is 3.49. The van der Waals surface area contributed by atoms with Gasteiger partial charge in [0.1, 0.15) is 5.82 Å². The smallest absolute Gasteiger partial charge is 0.145 e. The monoisotopic (exact) mass is 222 g/mol. The molecule has 16 heavy (non-hydrogen) atoms. The lowest BCUT2D eigenvalue weighted by Crippen LogP contribution is -2.34. The third-order valence-corrected chi connectivity index (χ3v) is 3.31. The molecule has 1 aliphatic heterocycles. The molecule has 0 aliphatic carbocycles. The summed E-state index contributed by atoms with van der Waals surface area (Å²) in [6.45, 7) is 8.73. The summed E-state index contributed by atoms with van der Waals surface area (Å²) >= 11 is 0. The standard InChI is InChI=1S/C12H22N4/c1-3-16-11(7-12(13)14-16)9-15-6-4-5-10(2)8-15/h7,10H,3-6,8-9H2,1-2H3,(H2,13,14)/t10-/m0/s1. The van der Waals surface area contributed by atoms with E-state index >= 15 is 0 Å². The first-order valence-corrected chi connectivity index (χ1v) is 6.23. The van der Waals surface area contributed by atoms with Gasteiger partial charge in [0.25, 0.3) is 0 Å². The summed E-state index contributed by atoms with van der Waals surface area (Å²) in [5.74, 6) is 1.46. The van der Waals surface area contributed by atoms with Crippen LogP contribution in [0.3, 0.4) is 0 Å².